The molecule has 2 rings (SSSR count). The van der Waals surface area contributed by atoms with Crippen LogP contribution < -0.4 is 15.4 Å². The number of anilines is 1. The number of rotatable bonds is 4. The third kappa shape index (κ3) is 6.03. The van der Waals surface area contributed by atoms with Crippen LogP contribution in [-0.2, 0) is 14.8 Å². The first-order valence-electron chi connectivity index (χ1n) is 8.83. The summed E-state index contributed by atoms with van der Waals surface area (Å²) in [6, 6.07) is 6.34. The standard InChI is InChI=1S/C18H27N3O3S2/c1-18(2,3)16(22)20-17(25)19-13-9-11-15(12-10-13)26(23,24)21-14-7-5-4-6-8-14/h9-12,14,21H,4-8H2,1-3H3,(H2,19,20,22,25). The number of carbonyl (C=O) groups is 1. The lowest BCUT2D eigenvalue weighted by Crippen LogP contribution is -2.41. The molecule has 26 heavy (non-hydrogen) atoms. The quantitative estimate of drug-likeness (QED) is 0.680. The first-order valence-corrected chi connectivity index (χ1v) is 10.7. The van der Waals surface area contributed by atoms with Crippen LogP contribution >= 0.6 is 12.2 Å². The molecule has 0 aliphatic heterocycles. The van der Waals surface area contributed by atoms with Crippen molar-refractivity contribution in [2.45, 2.75) is 63.8 Å². The van der Waals surface area contributed by atoms with Crippen molar-refractivity contribution in [2.75, 3.05) is 5.32 Å². The first-order chi connectivity index (χ1) is 12.1. The van der Waals surface area contributed by atoms with E-state index in [-0.39, 0.29) is 22.0 Å². The van der Waals surface area contributed by atoms with Gasteiger partial charge < -0.3 is 10.6 Å². The summed E-state index contributed by atoms with van der Waals surface area (Å²) in [4.78, 5) is 12.1. The Balaban J connectivity index is 1.96. The van der Waals surface area contributed by atoms with Crippen LogP contribution in [0.3, 0.4) is 0 Å². The van der Waals surface area contributed by atoms with Gasteiger partial charge in [-0.25, -0.2) is 13.1 Å². The van der Waals surface area contributed by atoms with Crippen LogP contribution in [0.5, 0.6) is 0 Å². The molecule has 0 radical (unpaired) electrons. The van der Waals surface area contributed by atoms with E-state index >= 15 is 0 Å². The molecule has 1 aliphatic rings. The third-order valence-corrected chi connectivity index (χ3v) is 6.00. The van der Waals surface area contributed by atoms with Gasteiger partial charge in [-0.15, -0.1) is 0 Å². The minimum atomic E-state index is -3.52. The molecule has 0 aromatic heterocycles. The predicted molar refractivity (Wildman–Crippen MR) is 107 cm³/mol. The van der Waals surface area contributed by atoms with Gasteiger partial charge in [0.25, 0.3) is 0 Å². The maximum Gasteiger partial charge on any atom is 0.240 e. The molecular weight excluding hydrogens is 370 g/mol. The summed E-state index contributed by atoms with van der Waals surface area (Å²) >= 11 is 5.12. The first kappa shape index (κ1) is 20.8. The van der Waals surface area contributed by atoms with Crippen LogP contribution in [0.4, 0.5) is 5.69 Å². The zero-order chi connectivity index (χ0) is 19.4. The van der Waals surface area contributed by atoms with Crippen LogP contribution in [-0.4, -0.2) is 25.5 Å². The topological polar surface area (TPSA) is 87.3 Å². The molecule has 1 saturated carbocycles. The van der Waals surface area contributed by atoms with Crippen molar-refractivity contribution < 1.29 is 13.2 Å². The van der Waals surface area contributed by atoms with E-state index in [0.717, 1.165) is 25.7 Å². The molecule has 144 valence electrons. The van der Waals surface area contributed by atoms with Gasteiger partial charge in [0, 0.05) is 17.1 Å². The monoisotopic (exact) mass is 397 g/mol. The molecule has 0 bridgehead atoms. The van der Waals surface area contributed by atoms with E-state index in [9.17, 15) is 13.2 Å². The normalized spacial score (nSPS) is 16.1. The molecule has 3 N–H and O–H groups in total. The summed E-state index contributed by atoms with van der Waals surface area (Å²) in [5.41, 5.74) is 0.0647. The van der Waals surface area contributed by atoms with E-state index in [0.29, 0.717) is 5.69 Å². The Hall–Kier alpha value is -1.51. The van der Waals surface area contributed by atoms with E-state index < -0.39 is 15.4 Å². The zero-order valence-electron chi connectivity index (χ0n) is 15.5. The number of benzene rings is 1. The highest BCUT2D eigenvalue weighted by molar-refractivity contribution is 7.89. The maximum absolute atomic E-state index is 12.5. The van der Waals surface area contributed by atoms with Gasteiger partial charge in [-0.3, -0.25) is 4.79 Å². The van der Waals surface area contributed by atoms with Crippen LogP contribution in [0.2, 0.25) is 0 Å². The van der Waals surface area contributed by atoms with Gasteiger partial charge in [-0.2, -0.15) is 0 Å². The van der Waals surface area contributed by atoms with Gasteiger partial charge in [0.15, 0.2) is 5.11 Å². The SMILES string of the molecule is CC(C)(C)C(=O)NC(=S)Nc1ccc(S(=O)(=O)NC2CCCCC2)cc1. The molecular formula is C18H27N3O3S2. The second-order valence-corrected chi connectivity index (χ2v) is 9.76. The Kier molecular flexibility index (Phi) is 6.76. The number of sulfonamides is 1. The summed E-state index contributed by atoms with van der Waals surface area (Å²) < 4.78 is 27.7. The second kappa shape index (κ2) is 8.45. The molecule has 0 unspecified atom stereocenters. The Morgan fingerprint density at radius 3 is 2.19 bits per heavy atom. The van der Waals surface area contributed by atoms with Crippen molar-refractivity contribution in [1.82, 2.24) is 10.0 Å². The van der Waals surface area contributed by atoms with E-state index in [1.54, 1.807) is 32.9 Å². The minimum absolute atomic E-state index is 0.0201. The molecule has 0 saturated heterocycles. The smallest absolute Gasteiger partial charge is 0.240 e. The summed E-state index contributed by atoms with van der Waals surface area (Å²) in [6.07, 6.45) is 5.08. The van der Waals surface area contributed by atoms with Crippen molar-refractivity contribution in [3.05, 3.63) is 24.3 Å². The molecule has 0 heterocycles. The number of thiocarbonyl (C=S) groups is 1. The lowest BCUT2D eigenvalue weighted by molar-refractivity contribution is -0.126. The van der Waals surface area contributed by atoms with E-state index in [2.05, 4.69) is 15.4 Å². The van der Waals surface area contributed by atoms with Gasteiger partial charge >= 0.3 is 0 Å². The highest BCUT2D eigenvalue weighted by Crippen LogP contribution is 2.21. The summed E-state index contributed by atoms with van der Waals surface area (Å²) in [5, 5.41) is 5.69. The Labute approximate surface area is 161 Å². The number of nitrogens with one attached hydrogen (secondary N) is 3. The zero-order valence-corrected chi connectivity index (χ0v) is 17.1. The number of hydrogen-bond acceptors (Lipinski definition) is 4. The van der Waals surface area contributed by atoms with Gasteiger partial charge in [0.1, 0.15) is 0 Å². The fourth-order valence-electron chi connectivity index (χ4n) is 2.68. The van der Waals surface area contributed by atoms with Crippen LogP contribution in [0, 0.1) is 5.41 Å². The lowest BCUT2D eigenvalue weighted by Gasteiger charge is -2.22. The average Bonchev–Trinajstić information content (AvgIpc) is 2.55. The molecule has 6 nitrogen and oxygen atoms in total. The summed E-state index contributed by atoms with van der Waals surface area (Å²) in [6.45, 7) is 5.39. The fraction of sp³-hybridized carbons (Fsp3) is 0.556. The van der Waals surface area contributed by atoms with Crippen molar-refractivity contribution >= 4 is 38.9 Å². The van der Waals surface area contributed by atoms with Gasteiger partial charge in [-0.1, -0.05) is 40.0 Å². The Morgan fingerprint density at radius 2 is 1.65 bits per heavy atom. The predicted octanol–water partition coefficient (Wildman–Crippen LogP) is 3.16. The molecule has 1 aliphatic carbocycles. The summed E-state index contributed by atoms with van der Waals surface area (Å²) in [5.74, 6) is -0.189. The average molecular weight is 398 g/mol. The fourth-order valence-corrected chi connectivity index (χ4v) is 4.19. The van der Waals surface area contributed by atoms with Gasteiger partial charge in [0.2, 0.25) is 15.9 Å². The summed E-state index contributed by atoms with van der Waals surface area (Å²) in [7, 11) is -3.52. The molecule has 0 spiro atoms. The van der Waals surface area contributed by atoms with E-state index in [1.807, 2.05) is 0 Å². The van der Waals surface area contributed by atoms with Crippen molar-refractivity contribution in [3.8, 4) is 0 Å². The van der Waals surface area contributed by atoms with Crippen molar-refractivity contribution in [2.24, 2.45) is 5.41 Å². The van der Waals surface area contributed by atoms with Crippen molar-refractivity contribution in [1.29, 1.82) is 0 Å². The Morgan fingerprint density at radius 1 is 1.08 bits per heavy atom. The van der Waals surface area contributed by atoms with E-state index in [4.69, 9.17) is 12.2 Å². The van der Waals surface area contributed by atoms with Crippen molar-refractivity contribution in [3.63, 3.8) is 0 Å². The van der Waals surface area contributed by atoms with Gasteiger partial charge in [-0.05, 0) is 49.3 Å². The molecule has 1 fully saturated rings. The molecule has 8 heteroatoms. The third-order valence-electron chi connectivity index (χ3n) is 4.26. The highest BCUT2D eigenvalue weighted by atomic mass is 32.2. The van der Waals surface area contributed by atoms with Gasteiger partial charge in [0.05, 0.1) is 4.90 Å². The van der Waals surface area contributed by atoms with Crippen LogP contribution in [0.15, 0.2) is 29.2 Å². The lowest BCUT2D eigenvalue weighted by atomic mass is 9.96. The molecule has 1 aromatic carbocycles. The second-order valence-electron chi connectivity index (χ2n) is 7.64. The number of carbonyl (C=O) groups excluding carboxylic acids is 1. The van der Waals surface area contributed by atoms with Crippen LogP contribution in [0.25, 0.3) is 0 Å². The largest absolute Gasteiger partial charge is 0.332 e. The Bertz CT molecular complexity index is 747. The molecule has 1 aromatic rings. The minimum Gasteiger partial charge on any atom is -0.332 e. The van der Waals surface area contributed by atoms with Crippen LogP contribution in [0.1, 0.15) is 52.9 Å². The highest BCUT2D eigenvalue weighted by Gasteiger charge is 2.23. The number of amides is 1. The molecule has 0 atom stereocenters. The molecule has 1 amide bonds. The maximum atomic E-state index is 12.5. The number of hydrogen-bond donors (Lipinski definition) is 3. The van der Waals surface area contributed by atoms with E-state index in [1.165, 1.54) is 18.6 Å².